The molecule has 0 fully saturated rings. The number of halogens is 2. The minimum atomic E-state index is 0.466. The van der Waals surface area contributed by atoms with E-state index in [4.69, 9.17) is 23.2 Å². The van der Waals surface area contributed by atoms with Gasteiger partial charge in [0.05, 0.1) is 0 Å². The van der Waals surface area contributed by atoms with Crippen LogP contribution in [-0.2, 0) is 6.42 Å². The summed E-state index contributed by atoms with van der Waals surface area (Å²) in [7, 11) is 2.01. The van der Waals surface area contributed by atoms with Gasteiger partial charge in [0.25, 0.3) is 0 Å². The van der Waals surface area contributed by atoms with Crippen LogP contribution in [0.3, 0.4) is 0 Å². The van der Waals surface area contributed by atoms with Crippen LogP contribution in [0.4, 0.5) is 0 Å². The Labute approximate surface area is 115 Å². The zero-order valence-corrected chi connectivity index (χ0v) is 12.3. The second-order valence-corrected chi connectivity index (χ2v) is 5.44. The van der Waals surface area contributed by atoms with E-state index in [1.54, 1.807) is 0 Å². The van der Waals surface area contributed by atoms with Crippen molar-refractivity contribution in [3.8, 4) is 0 Å². The quantitative estimate of drug-likeness (QED) is 0.801. The van der Waals surface area contributed by atoms with E-state index in [0.717, 1.165) is 11.4 Å². The molecule has 96 valence electrons. The first-order chi connectivity index (χ1) is 8.08. The zero-order chi connectivity index (χ0) is 12.8. The van der Waals surface area contributed by atoms with Gasteiger partial charge in [0.2, 0.25) is 0 Å². The highest BCUT2D eigenvalue weighted by molar-refractivity contribution is 6.35. The Morgan fingerprint density at radius 2 is 2.00 bits per heavy atom. The Morgan fingerprint density at radius 1 is 1.29 bits per heavy atom. The van der Waals surface area contributed by atoms with Crippen molar-refractivity contribution in [3.05, 3.63) is 33.8 Å². The Balaban J connectivity index is 2.73. The molecule has 0 aliphatic heterocycles. The molecule has 0 amide bonds. The number of hydrogen-bond acceptors (Lipinski definition) is 1. The largest absolute Gasteiger partial charge is 0.316 e. The second kappa shape index (κ2) is 7.25. The summed E-state index contributed by atoms with van der Waals surface area (Å²) in [5.74, 6) is 0.650. The summed E-state index contributed by atoms with van der Waals surface area (Å²) < 4.78 is 0. The third kappa shape index (κ3) is 4.50. The van der Waals surface area contributed by atoms with Crippen molar-refractivity contribution < 1.29 is 0 Å². The molecule has 0 aromatic heterocycles. The smallest absolute Gasteiger partial charge is 0.0453 e. The van der Waals surface area contributed by atoms with E-state index in [0.29, 0.717) is 17.0 Å². The van der Waals surface area contributed by atoms with Crippen molar-refractivity contribution in [2.45, 2.75) is 39.2 Å². The first kappa shape index (κ1) is 14.8. The molecule has 0 saturated heterocycles. The number of rotatable bonds is 6. The minimum absolute atomic E-state index is 0.466. The molecule has 3 heteroatoms. The van der Waals surface area contributed by atoms with Gasteiger partial charge in [-0.1, -0.05) is 49.5 Å². The first-order valence-corrected chi connectivity index (χ1v) is 6.95. The standard InChI is InChI=1S/C14H21Cl2N/c1-4-5-10(2)14(17-3)8-11-6-7-12(15)9-13(11)16/h6-7,9-10,14,17H,4-5,8H2,1-3H3. The van der Waals surface area contributed by atoms with Crippen LogP contribution in [0.1, 0.15) is 32.3 Å². The number of nitrogens with one attached hydrogen (secondary N) is 1. The summed E-state index contributed by atoms with van der Waals surface area (Å²) in [6.45, 7) is 4.51. The lowest BCUT2D eigenvalue weighted by Crippen LogP contribution is -2.34. The van der Waals surface area contributed by atoms with Gasteiger partial charge in [-0.15, -0.1) is 0 Å². The van der Waals surface area contributed by atoms with Gasteiger partial charge in [-0.3, -0.25) is 0 Å². The summed E-state index contributed by atoms with van der Waals surface area (Å²) in [5, 5.41) is 4.85. The van der Waals surface area contributed by atoms with Gasteiger partial charge in [0, 0.05) is 16.1 Å². The SMILES string of the molecule is CCCC(C)C(Cc1ccc(Cl)cc1Cl)NC. The predicted molar refractivity (Wildman–Crippen MR) is 77.1 cm³/mol. The predicted octanol–water partition coefficient (Wildman–Crippen LogP) is 4.56. The Bertz CT molecular complexity index is 352. The highest BCUT2D eigenvalue weighted by Crippen LogP contribution is 2.24. The minimum Gasteiger partial charge on any atom is -0.316 e. The molecule has 0 spiro atoms. The average Bonchev–Trinajstić information content (AvgIpc) is 2.28. The van der Waals surface area contributed by atoms with E-state index in [1.165, 1.54) is 18.4 Å². The van der Waals surface area contributed by atoms with E-state index in [-0.39, 0.29) is 0 Å². The van der Waals surface area contributed by atoms with Crippen molar-refractivity contribution in [2.24, 2.45) is 5.92 Å². The van der Waals surface area contributed by atoms with Crippen LogP contribution in [0.2, 0.25) is 10.0 Å². The van der Waals surface area contributed by atoms with E-state index in [1.807, 2.05) is 25.2 Å². The monoisotopic (exact) mass is 273 g/mol. The molecule has 1 aromatic rings. The summed E-state index contributed by atoms with van der Waals surface area (Å²) in [6, 6.07) is 6.21. The maximum absolute atomic E-state index is 6.20. The fourth-order valence-corrected chi connectivity index (χ4v) is 2.65. The van der Waals surface area contributed by atoms with E-state index in [9.17, 15) is 0 Å². The Morgan fingerprint density at radius 3 is 2.53 bits per heavy atom. The number of benzene rings is 1. The molecule has 17 heavy (non-hydrogen) atoms. The number of likely N-dealkylation sites (N-methyl/N-ethyl adjacent to an activating group) is 1. The fourth-order valence-electron chi connectivity index (χ4n) is 2.17. The second-order valence-electron chi connectivity index (χ2n) is 4.60. The van der Waals surface area contributed by atoms with Crippen LogP contribution in [0.15, 0.2) is 18.2 Å². The topological polar surface area (TPSA) is 12.0 Å². The van der Waals surface area contributed by atoms with Crippen molar-refractivity contribution >= 4 is 23.2 Å². The van der Waals surface area contributed by atoms with E-state index < -0.39 is 0 Å². The molecule has 1 nitrogen and oxygen atoms in total. The highest BCUT2D eigenvalue weighted by Gasteiger charge is 2.16. The third-order valence-corrected chi connectivity index (χ3v) is 3.84. The maximum Gasteiger partial charge on any atom is 0.0453 e. The van der Waals surface area contributed by atoms with Gasteiger partial charge in [-0.05, 0) is 43.5 Å². The third-order valence-electron chi connectivity index (χ3n) is 3.26. The lowest BCUT2D eigenvalue weighted by Gasteiger charge is -2.23. The molecule has 0 saturated carbocycles. The molecule has 0 aliphatic carbocycles. The summed E-state index contributed by atoms with van der Waals surface area (Å²) >= 11 is 12.1. The van der Waals surface area contributed by atoms with Crippen LogP contribution in [0.5, 0.6) is 0 Å². The van der Waals surface area contributed by atoms with Gasteiger partial charge >= 0.3 is 0 Å². The number of hydrogen-bond donors (Lipinski definition) is 1. The molecule has 1 aromatic carbocycles. The molecule has 0 heterocycles. The van der Waals surface area contributed by atoms with Gasteiger partial charge in [0.15, 0.2) is 0 Å². The lowest BCUT2D eigenvalue weighted by atomic mass is 9.91. The van der Waals surface area contributed by atoms with Crippen molar-refractivity contribution in [2.75, 3.05) is 7.05 Å². The van der Waals surface area contributed by atoms with Crippen molar-refractivity contribution in [1.29, 1.82) is 0 Å². The summed E-state index contributed by atoms with van der Waals surface area (Å²) in [6.07, 6.45) is 3.40. The first-order valence-electron chi connectivity index (χ1n) is 6.19. The van der Waals surface area contributed by atoms with Crippen LogP contribution in [-0.4, -0.2) is 13.1 Å². The molecule has 0 radical (unpaired) electrons. The molecule has 1 rings (SSSR count). The molecular weight excluding hydrogens is 253 g/mol. The highest BCUT2D eigenvalue weighted by atomic mass is 35.5. The van der Waals surface area contributed by atoms with Gasteiger partial charge in [-0.25, -0.2) is 0 Å². The molecule has 0 aliphatic rings. The molecule has 2 atom stereocenters. The summed E-state index contributed by atoms with van der Waals surface area (Å²) in [5.41, 5.74) is 1.17. The molecule has 2 unspecified atom stereocenters. The maximum atomic E-state index is 6.20. The lowest BCUT2D eigenvalue weighted by molar-refractivity contribution is 0.372. The van der Waals surface area contributed by atoms with Crippen molar-refractivity contribution in [3.63, 3.8) is 0 Å². The van der Waals surface area contributed by atoms with Crippen LogP contribution < -0.4 is 5.32 Å². The van der Waals surface area contributed by atoms with Gasteiger partial charge in [0.1, 0.15) is 0 Å². The van der Waals surface area contributed by atoms with Gasteiger partial charge < -0.3 is 5.32 Å². The normalized spacial score (nSPS) is 14.6. The van der Waals surface area contributed by atoms with Crippen LogP contribution in [0, 0.1) is 5.92 Å². The average molecular weight is 274 g/mol. The Hall–Kier alpha value is -0.240. The van der Waals surface area contributed by atoms with Crippen LogP contribution >= 0.6 is 23.2 Å². The molecular formula is C14H21Cl2N. The fraction of sp³-hybridized carbons (Fsp3) is 0.571. The zero-order valence-electron chi connectivity index (χ0n) is 10.8. The van der Waals surface area contributed by atoms with Crippen LogP contribution in [0.25, 0.3) is 0 Å². The molecule has 1 N–H and O–H groups in total. The van der Waals surface area contributed by atoms with Crippen molar-refractivity contribution in [1.82, 2.24) is 5.32 Å². The van der Waals surface area contributed by atoms with Gasteiger partial charge in [-0.2, -0.15) is 0 Å². The Kier molecular flexibility index (Phi) is 6.32. The molecule has 0 bridgehead atoms. The summed E-state index contributed by atoms with van der Waals surface area (Å²) in [4.78, 5) is 0. The van der Waals surface area contributed by atoms with E-state index in [2.05, 4.69) is 19.2 Å². The van der Waals surface area contributed by atoms with E-state index >= 15 is 0 Å².